The summed E-state index contributed by atoms with van der Waals surface area (Å²) in [6, 6.07) is 19.4. The number of pyridine rings is 1. The molecule has 0 radical (unpaired) electrons. The van der Waals surface area contributed by atoms with Gasteiger partial charge < -0.3 is 5.11 Å². The molecule has 0 aliphatic rings. The number of phenolic OH excluding ortho intramolecular Hbond substituents is 1. The van der Waals surface area contributed by atoms with Crippen molar-refractivity contribution < 1.29 is 5.11 Å². The molecule has 0 spiro atoms. The number of aromatic hydroxyl groups is 1. The van der Waals surface area contributed by atoms with E-state index in [4.69, 9.17) is 0 Å². The number of hydrogen-bond donors (Lipinski definition) is 1. The number of hydrogen-bond acceptors (Lipinski definition) is 2. The van der Waals surface area contributed by atoms with Gasteiger partial charge in [0.25, 0.3) is 0 Å². The zero-order chi connectivity index (χ0) is 13.1. The normalized spacial score (nSPS) is 10.3. The van der Waals surface area contributed by atoms with E-state index in [9.17, 15) is 5.11 Å². The van der Waals surface area contributed by atoms with Crippen LogP contribution in [0.1, 0.15) is 0 Å². The van der Waals surface area contributed by atoms with E-state index < -0.39 is 0 Å². The van der Waals surface area contributed by atoms with E-state index in [0.717, 1.165) is 22.3 Å². The van der Waals surface area contributed by atoms with Crippen molar-refractivity contribution in [1.29, 1.82) is 0 Å². The van der Waals surface area contributed by atoms with Crippen LogP contribution in [0.3, 0.4) is 0 Å². The fourth-order valence-corrected chi connectivity index (χ4v) is 2.12. The molecule has 2 nitrogen and oxygen atoms in total. The standard InChI is InChI=1S/C17H13NO/c19-17-9-2-1-8-16(17)14-6-3-5-13(11-14)15-7-4-10-18-12-15/h1-12,19H. The maximum atomic E-state index is 9.91. The highest BCUT2D eigenvalue weighted by Crippen LogP contribution is 2.31. The molecule has 0 amide bonds. The van der Waals surface area contributed by atoms with Gasteiger partial charge in [0.2, 0.25) is 0 Å². The SMILES string of the molecule is Oc1ccccc1-c1cccc(-c2cccnc2)c1. The molecule has 0 aliphatic heterocycles. The van der Waals surface area contributed by atoms with Crippen molar-refractivity contribution in [2.75, 3.05) is 0 Å². The molecule has 0 aliphatic carbocycles. The fraction of sp³-hybridized carbons (Fsp3) is 0. The molecule has 1 aromatic heterocycles. The molecular formula is C17H13NO. The molecule has 1 N–H and O–H groups in total. The predicted octanol–water partition coefficient (Wildman–Crippen LogP) is 4.12. The van der Waals surface area contributed by atoms with Crippen LogP contribution in [0.25, 0.3) is 22.3 Å². The number of phenols is 1. The Hall–Kier alpha value is -2.61. The first-order valence-corrected chi connectivity index (χ1v) is 6.13. The minimum Gasteiger partial charge on any atom is -0.507 e. The van der Waals surface area contributed by atoms with Crippen LogP contribution < -0.4 is 0 Å². The number of benzene rings is 2. The van der Waals surface area contributed by atoms with E-state index in [1.807, 2.05) is 54.7 Å². The maximum Gasteiger partial charge on any atom is 0.123 e. The third-order valence-electron chi connectivity index (χ3n) is 3.07. The number of nitrogens with zero attached hydrogens (tertiary/aromatic N) is 1. The second kappa shape index (κ2) is 4.94. The molecule has 0 saturated carbocycles. The highest BCUT2D eigenvalue weighted by Gasteiger charge is 2.04. The lowest BCUT2D eigenvalue weighted by atomic mass is 9.99. The molecule has 19 heavy (non-hydrogen) atoms. The summed E-state index contributed by atoms with van der Waals surface area (Å²) >= 11 is 0. The van der Waals surface area contributed by atoms with E-state index in [1.165, 1.54) is 0 Å². The largest absolute Gasteiger partial charge is 0.507 e. The highest BCUT2D eigenvalue weighted by molar-refractivity contribution is 5.75. The predicted molar refractivity (Wildman–Crippen MR) is 76.8 cm³/mol. The fourth-order valence-electron chi connectivity index (χ4n) is 2.12. The first-order chi connectivity index (χ1) is 9.34. The van der Waals surface area contributed by atoms with Gasteiger partial charge in [0, 0.05) is 23.5 Å². The summed E-state index contributed by atoms with van der Waals surface area (Å²) in [6.07, 6.45) is 3.60. The molecule has 1 heterocycles. The molecular weight excluding hydrogens is 234 g/mol. The third kappa shape index (κ3) is 2.33. The Bertz CT molecular complexity index is 692. The lowest BCUT2D eigenvalue weighted by Gasteiger charge is -2.07. The second-order valence-electron chi connectivity index (χ2n) is 4.34. The van der Waals surface area contributed by atoms with Gasteiger partial charge in [-0.15, -0.1) is 0 Å². The van der Waals surface area contributed by atoms with Crippen LogP contribution in [0.2, 0.25) is 0 Å². The van der Waals surface area contributed by atoms with Gasteiger partial charge in [0.15, 0.2) is 0 Å². The van der Waals surface area contributed by atoms with E-state index in [2.05, 4.69) is 11.1 Å². The van der Waals surface area contributed by atoms with E-state index in [1.54, 1.807) is 12.3 Å². The lowest BCUT2D eigenvalue weighted by Crippen LogP contribution is -1.82. The summed E-state index contributed by atoms with van der Waals surface area (Å²) < 4.78 is 0. The van der Waals surface area contributed by atoms with Crippen molar-refractivity contribution in [3.63, 3.8) is 0 Å². The maximum absolute atomic E-state index is 9.91. The molecule has 2 heteroatoms. The van der Waals surface area contributed by atoms with Crippen LogP contribution in [-0.4, -0.2) is 10.1 Å². The Labute approximate surface area is 112 Å². The first kappa shape index (κ1) is 11.5. The van der Waals surface area contributed by atoms with Crippen LogP contribution in [0.5, 0.6) is 5.75 Å². The first-order valence-electron chi connectivity index (χ1n) is 6.13. The van der Waals surface area contributed by atoms with Crippen LogP contribution in [-0.2, 0) is 0 Å². The summed E-state index contributed by atoms with van der Waals surface area (Å²) in [5, 5.41) is 9.91. The summed E-state index contributed by atoms with van der Waals surface area (Å²) in [5.74, 6) is 0.297. The van der Waals surface area contributed by atoms with Gasteiger partial charge in [0.05, 0.1) is 0 Å². The van der Waals surface area contributed by atoms with Crippen molar-refractivity contribution in [2.24, 2.45) is 0 Å². The number of rotatable bonds is 2. The van der Waals surface area contributed by atoms with Crippen LogP contribution >= 0.6 is 0 Å². The minimum absolute atomic E-state index is 0.297. The van der Waals surface area contributed by atoms with Crippen molar-refractivity contribution in [3.05, 3.63) is 73.1 Å². The summed E-state index contributed by atoms with van der Waals surface area (Å²) in [4.78, 5) is 4.13. The van der Waals surface area contributed by atoms with Gasteiger partial charge in [-0.1, -0.05) is 42.5 Å². The average molecular weight is 247 g/mol. The van der Waals surface area contributed by atoms with Crippen molar-refractivity contribution in [3.8, 4) is 28.0 Å². The number of para-hydroxylation sites is 1. The van der Waals surface area contributed by atoms with Gasteiger partial charge in [-0.25, -0.2) is 0 Å². The molecule has 0 fully saturated rings. The monoisotopic (exact) mass is 247 g/mol. The van der Waals surface area contributed by atoms with Crippen LogP contribution in [0.4, 0.5) is 0 Å². The third-order valence-corrected chi connectivity index (χ3v) is 3.07. The second-order valence-corrected chi connectivity index (χ2v) is 4.34. The Morgan fingerprint density at radius 1 is 0.737 bits per heavy atom. The molecule has 3 aromatic rings. The summed E-state index contributed by atoms with van der Waals surface area (Å²) in [6.45, 7) is 0. The summed E-state index contributed by atoms with van der Waals surface area (Å²) in [7, 11) is 0. The molecule has 0 atom stereocenters. The van der Waals surface area contributed by atoms with Gasteiger partial charge in [0.1, 0.15) is 5.75 Å². The molecule has 2 aromatic carbocycles. The Morgan fingerprint density at radius 3 is 2.32 bits per heavy atom. The van der Waals surface area contributed by atoms with Crippen LogP contribution in [0, 0.1) is 0 Å². The van der Waals surface area contributed by atoms with Gasteiger partial charge in [-0.2, -0.15) is 0 Å². The zero-order valence-electron chi connectivity index (χ0n) is 10.3. The average Bonchev–Trinajstić information content (AvgIpc) is 2.49. The molecule has 92 valence electrons. The molecule has 0 unspecified atom stereocenters. The Balaban J connectivity index is 2.09. The number of aromatic nitrogens is 1. The van der Waals surface area contributed by atoms with Crippen molar-refractivity contribution in [1.82, 2.24) is 4.98 Å². The molecule has 0 bridgehead atoms. The molecule has 3 rings (SSSR count). The quantitative estimate of drug-likeness (QED) is 0.738. The lowest BCUT2D eigenvalue weighted by molar-refractivity contribution is 0.477. The van der Waals surface area contributed by atoms with E-state index in [-0.39, 0.29) is 0 Å². The zero-order valence-corrected chi connectivity index (χ0v) is 10.3. The summed E-state index contributed by atoms with van der Waals surface area (Å²) in [5.41, 5.74) is 4.00. The van der Waals surface area contributed by atoms with Gasteiger partial charge in [-0.05, 0) is 29.3 Å². The van der Waals surface area contributed by atoms with E-state index >= 15 is 0 Å². The van der Waals surface area contributed by atoms with Crippen molar-refractivity contribution in [2.45, 2.75) is 0 Å². The van der Waals surface area contributed by atoms with E-state index in [0.29, 0.717) is 5.75 Å². The Kier molecular flexibility index (Phi) is 2.99. The Morgan fingerprint density at radius 2 is 1.53 bits per heavy atom. The van der Waals surface area contributed by atoms with Crippen molar-refractivity contribution >= 4 is 0 Å². The van der Waals surface area contributed by atoms with Crippen LogP contribution in [0.15, 0.2) is 73.1 Å². The minimum atomic E-state index is 0.297. The van der Waals surface area contributed by atoms with Gasteiger partial charge in [-0.3, -0.25) is 4.98 Å². The topological polar surface area (TPSA) is 33.1 Å². The van der Waals surface area contributed by atoms with Gasteiger partial charge >= 0.3 is 0 Å². The highest BCUT2D eigenvalue weighted by atomic mass is 16.3. The smallest absolute Gasteiger partial charge is 0.123 e. The molecule has 0 saturated heterocycles.